The summed E-state index contributed by atoms with van der Waals surface area (Å²) in [5.41, 5.74) is 6.01. The van der Waals surface area contributed by atoms with Crippen LogP contribution >= 0.6 is 0 Å². The van der Waals surface area contributed by atoms with Crippen molar-refractivity contribution in [1.29, 1.82) is 0 Å². The Morgan fingerprint density at radius 2 is 1.40 bits per heavy atom. The first-order valence-electron chi connectivity index (χ1n) is 11.3. The Morgan fingerprint density at radius 1 is 0.767 bits per heavy atom. The average molecular weight is 400 g/mol. The van der Waals surface area contributed by atoms with Crippen molar-refractivity contribution in [2.45, 2.75) is 39.2 Å². The predicted octanol–water partition coefficient (Wildman–Crippen LogP) is 7.06. The lowest BCUT2D eigenvalue weighted by atomic mass is 9.92. The van der Waals surface area contributed by atoms with Crippen LogP contribution in [-0.2, 0) is 6.54 Å². The number of hydrogen-bond acceptors (Lipinski definition) is 3. The van der Waals surface area contributed by atoms with Gasteiger partial charge in [-0.1, -0.05) is 50.1 Å². The molecule has 0 spiro atoms. The predicted molar refractivity (Wildman–Crippen MR) is 130 cm³/mol. The molecule has 0 aliphatic carbocycles. The van der Waals surface area contributed by atoms with E-state index in [0.717, 1.165) is 29.5 Å². The fourth-order valence-electron chi connectivity index (χ4n) is 4.28. The normalized spacial score (nSPS) is 14.5. The Labute approximate surface area is 181 Å². The van der Waals surface area contributed by atoms with Crippen LogP contribution in [0.15, 0.2) is 78.9 Å². The van der Waals surface area contributed by atoms with Gasteiger partial charge in [0, 0.05) is 42.4 Å². The zero-order chi connectivity index (χ0) is 20.6. The second kappa shape index (κ2) is 10.2. The van der Waals surface area contributed by atoms with Gasteiger partial charge in [0.1, 0.15) is 0 Å². The highest BCUT2D eigenvalue weighted by atomic mass is 15.1. The Balaban J connectivity index is 1.28. The first-order valence-corrected chi connectivity index (χ1v) is 11.3. The van der Waals surface area contributed by atoms with Crippen LogP contribution < -0.4 is 15.5 Å². The van der Waals surface area contributed by atoms with Crippen molar-refractivity contribution in [3.63, 3.8) is 0 Å². The maximum absolute atomic E-state index is 3.52. The minimum atomic E-state index is 0.827. The number of rotatable bonds is 8. The molecule has 1 saturated heterocycles. The summed E-state index contributed by atoms with van der Waals surface area (Å²) in [5, 5.41) is 6.97. The number of anilines is 4. The summed E-state index contributed by atoms with van der Waals surface area (Å²) in [7, 11) is 0. The van der Waals surface area contributed by atoms with Crippen molar-refractivity contribution in [2.24, 2.45) is 5.92 Å². The third-order valence-corrected chi connectivity index (χ3v) is 6.06. The molecule has 0 amide bonds. The number of para-hydroxylation sites is 1. The molecule has 0 atom stereocenters. The van der Waals surface area contributed by atoms with Crippen LogP contribution in [0.3, 0.4) is 0 Å². The quantitative estimate of drug-likeness (QED) is 0.424. The molecular weight excluding hydrogens is 366 g/mol. The van der Waals surface area contributed by atoms with Gasteiger partial charge in [0.2, 0.25) is 0 Å². The fourth-order valence-corrected chi connectivity index (χ4v) is 4.28. The largest absolute Gasteiger partial charge is 0.381 e. The minimum Gasteiger partial charge on any atom is -0.381 e. The van der Waals surface area contributed by atoms with Crippen LogP contribution in [0.4, 0.5) is 22.7 Å². The highest BCUT2D eigenvalue weighted by Crippen LogP contribution is 2.27. The van der Waals surface area contributed by atoms with Crippen LogP contribution in [0.5, 0.6) is 0 Å². The lowest BCUT2D eigenvalue weighted by molar-refractivity contribution is 0.378. The smallest absolute Gasteiger partial charge is 0.0400 e. The Kier molecular flexibility index (Phi) is 6.91. The molecule has 3 nitrogen and oxygen atoms in total. The van der Waals surface area contributed by atoms with Crippen molar-refractivity contribution >= 4 is 22.7 Å². The van der Waals surface area contributed by atoms with Gasteiger partial charge < -0.3 is 15.5 Å². The SMILES string of the molecule is CCCC1CCN(c2ccc(Nc3ccc(CNc4ccccc4)cc3)cc2)CC1. The van der Waals surface area contributed by atoms with Crippen LogP contribution in [0, 0.1) is 5.92 Å². The molecule has 1 aliphatic rings. The molecule has 1 aliphatic heterocycles. The van der Waals surface area contributed by atoms with Crippen molar-refractivity contribution in [3.05, 3.63) is 84.4 Å². The second-order valence-electron chi connectivity index (χ2n) is 8.31. The first-order chi connectivity index (χ1) is 14.8. The summed E-state index contributed by atoms with van der Waals surface area (Å²) in [5.74, 6) is 0.929. The number of nitrogens with zero attached hydrogens (tertiary/aromatic N) is 1. The van der Waals surface area contributed by atoms with Crippen LogP contribution in [0.2, 0.25) is 0 Å². The molecule has 0 unspecified atom stereocenters. The Hall–Kier alpha value is -2.94. The van der Waals surface area contributed by atoms with Gasteiger partial charge in [-0.15, -0.1) is 0 Å². The first kappa shape index (κ1) is 20.3. The maximum atomic E-state index is 3.52. The summed E-state index contributed by atoms with van der Waals surface area (Å²) < 4.78 is 0. The summed E-state index contributed by atoms with van der Waals surface area (Å²) >= 11 is 0. The second-order valence-corrected chi connectivity index (χ2v) is 8.31. The molecule has 30 heavy (non-hydrogen) atoms. The van der Waals surface area contributed by atoms with Gasteiger partial charge in [0.05, 0.1) is 0 Å². The summed E-state index contributed by atoms with van der Waals surface area (Å²) in [6, 6.07) is 27.8. The van der Waals surface area contributed by atoms with E-state index in [1.165, 1.54) is 50.0 Å². The number of piperidine rings is 1. The molecule has 3 aromatic carbocycles. The van der Waals surface area contributed by atoms with E-state index in [-0.39, 0.29) is 0 Å². The van der Waals surface area contributed by atoms with E-state index in [2.05, 4.69) is 95.3 Å². The molecule has 0 bridgehead atoms. The van der Waals surface area contributed by atoms with Crippen LogP contribution in [-0.4, -0.2) is 13.1 Å². The summed E-state index contributed by atoms with van der Waals surface area (Å²) in [6.45, 7) is 5.51. The van der Waals surface area contributed by atoms with Gasteiger partial charge in [0.15, 0.2) is 0 Å². The Bertz CT molecular complexity index is 880. The van der Waals surface area contributed by atoms with Crippen molar-refractivity contribution < 1.29 is 0 Å². The van der Waals surface area contributed by atoms with Crippen molar-refractivity contribution in [1.82, 2.24) is 0 Å². The van der Waals surface area contributed by atoms with Gasteiger partial charge in [0.25, 0.3) is 0 Å². The van der Waals surface area contributed by atoms with E-state index in [1.807, 2.05) is 6.07 Å². The monoisotopic (exact) mass is 399 g/mol. The van der Waals surface area contributed by atoms with Crippen molar-refractivity contribution in [3.8, 4) is 0 Å². The lowest BCUT2D eigenvalue weighted by Crippen LogP contribution is -2.33. The zero-order valence-electron chi connectivity index (χ0n) is 18.0. The van der Waals surface area contributed by atoms with Crippen molar-refractivity contribution in [2.75, 3.05) is 28.6 Å². The average Bonchev–Trinajstić information content (AvgIpc) is 2.81. The third kappa shape index (κ3) is 5.56. The van der Waals surface area contributed by atoms with Crippen LogP contribution in [0.1, 0.15) is 38.2 Å². The lowest BCUT2D eigenvalue weighted by Gasteiger charge is -2.33. The molecule has 0 aromatic heterocycles. The molecule has 2 N–H and O–H groups in total. The molecule has 3 aromatic rings. The third-order valence-electron chi connectivity index (χ3n) is 6.06. The minimum absolute atomic E-state index is 0.827. The fraction of sp³-hybridized carbons (Fsp3) is 0.333. The maximum Gasteiger partial charge on any atom is 0.0400 e. The van der Waals surface area contributed by atoms with E-state index in [9.17, 15) is 0 Å². The summed E-state index contributed by atoms with van der Waals surface area (Å²) in [4.78, 5) is 2.53. The highest BCUT2D eigenvalue weighted by Gasteiger charge is 2.18. The van der Waals surface area contributed by atoms with Crippen LogP contribution in [0.25, 0.3) is 0 Å². The molecule has 3 heteroatoms. The Morgan fingerprint density at radius 3 is 2.03 bits per heavy atom. The molecule has 4 rings (SSSR count). The molecule has 1 heterocycles. The molecule has 1 fully saturated rings. The number of hydrogen-bond donors (Lipinski definition) is 2. The van der Waals surface area contributed by atoms with E-state index in [0.29, 0.717) is 0 Å². The summed E-state index contributed by atoms with van der Waals surface area (Å²) in [6.07, 6.45) is 5.37. The van der Waals surface area contributed by atoms with E-state index in [1.54, 1.807) is 0 Å². The topological polar surface area (TPSA) is 27.3 Å². The van der Waals surface area contributed by atoms with Gasteiger partial charge >= 0.3 is 0 Å². The van der Waals surface area contributed by atoms with E-state index in [4.69, 9.17) is 0 Å². The van der Waals surface area contributed by atoms with Gasteiger partial charge in [-0.05, 0) is 72.9 Å². The molecular formula is C27H33N3. The van der Waals surface area contributed by atoms with Gasteiger partial charge in [-0.3, -0.25) is 0 Å². The van der Waals surface area contributed by atoms with Gasteiger partial charge in [-0.25, -0.2) is 0 Å². The number of nitrogens with one attached hydrogen (secondary N) is 2. The molecule has 0 saturated carbocycles. The number of benzene rings is 3. The van der Waals surface area contributed by atoms with E-state index >= 15 is 0 Å². The van der Waals surface area contributed by atoms with E-state index < -0.39 is 0 Å². The molecule has 0 radical (unpaired) electrons. The standard InChI is InChI=1S/C27H33N3/c1-2-6-22-17-19-30(20-18-22)27-15-13-26(14-16-27)29-25-11-9-23(10-12-25)21-28-24-7-4-3-5-8-24/h3-5,7-16,22,28-29H,2,6,17-21H2,1H3. The zero-order valence-corrected chi connectivity index (χ0v) is 18.0. The van der Waals surface area contributed by atoms with Gasteiger partial charge in [-0.2, -0.15) is 0 Å². The molecule has 156 valence electrons. The highest BCUT2D eigenvalue weighted by molar-refractivity contribution is 5.63.